The normalized spacial score (nSPS) is 12.8. The molecule has 0 spiro atoms. The number of amides is 2. The van der Waals surface area contributed by atoms with E-state index in [0.29, 0.717) is 5.69 Å². The third-order valence-electron chi connectivity index (χ3n) is 5.64. The molecule has 1 rings (SSSR count). The molecule has 2 N–H and O–H groups in total. The zero-order valence-electron chi connectivity index (χ0n) is 22.7. The summed E-state index contributed by atoms with van der Waals surface area (Å²) >= 11 is 0. The monoisotopic (exact) mass is 482 g/mol. The predicted octanol–water partition coefficient (Wildman–Crippen LogP) is 5.92. The number of nitrogens with two attached hydrogens (primary N) is 1. The number of carbonyl (C=O) groups excluding carboxylic acids is 1. The summed E-state index contributed by atoms with van der Waals surface area (Å²) < 4.78 is 30.1. The summed E-state index contributed by atoms with van der Waals surface area (Å²) in [4.78, 5) is 15.8. The molecular formula is C25H46N4O3S. The zero-order chi connectivity index (χ0) is 26.0. The van der Waals surface area contributed by atoms with E-state index in [9.17, 15) is 13.2 Å². The van der Waals surface area contributed by atoms with Gasteiger partial charge < -0.3 is 5.73 Å². The largest absolute Gasteiger partial charge is 0.398 e. The summed E-state index contributed by atoms with van der Waals surface area (Å²) in [5.74, 6) is 0.179. The van der Waals surface area contributed by atoms with Gasteiger partial charge in [0, 0.05) is 35.4 Å². The van der Waals surface area contributed by atoms with Crippen LogP contribution in [0.15, 0.2) is 12.1 Å². The Hall–Kier alpha value is -1.80. The smallest absolute Gasteiger partial charge is 0.339 e. The number of anilines is 2. The molecule has 0 heterocycles. The van der Waals surface area contributed by atoms with Crippen LogP contribution in [0, 0.1) is 0 Å². The van der Waals surface area contributed by atoms with Crippen LogP contribution in [0.3, 0.4) is 0 Å². The van der Waals surface area contributed by atoms with Crippen molar-refractivity contribution in [2.24, 2.45) is 0 Å². The average molecular weight is 483 g/mol. The SMILES string of the molecule is CC(C)c1ccc(N)c(C(C)C)c1N(C(=O)N(C(C)C)S(=O)(=O)N(C(C)C)C(C)C)C(C)C. The highest BCUT2D eigenvalue weighted by Crippen LogP contribution is 2.41. The molecular weight excluding hydrogens is 436 g/mol. The van der Waals surface area contributed by atoms with Crippen molar-refractivity contribution in [3.8, 4) is 0 Å². The zero-order valence-corrected chi connectivity index (χ0v) is 23.5. The number of hydrogen-bond donors (Lipinski definition) is 1. The number of carbonyl (C=O) groups is 1. The summed E-state index contributed by atoms with van der Waals surface area (Å²) in [6.07, 6.45) is 0. The molecule has 8 heteroatoms. The Morgan fingerprint density at radius 1 is 0.758 bits per heavy atom. The molecule has 33 heavy (non-hydrogen) atoms. The first kappa shape index (κ1) is 29.2. The fourth-order valence-corrected chi connectivity index (χ4v) is 6.57. The van der Waals surface area contributed by atoms with Gasteiger partial charge in [0.15, 0.2) is 0 Å². The Morgan fingerprint density at radius 2 is 1.24 bits per heavy atom. The summed E-state index contributed by atoms with van der Waals surface area (Å²) in [5, 5.41) is 0. The van der Waals surface area contributed by atoms with E-state index in [1.807, 2.05) is 67.5 Å². The van der Waals surface area contributed by atoms with Crippen molar-refractivity contribution >= 4 is 27.6 Å². The lowest BCUT2D eigenvalue weighted by molar-refractivity contribution is 0.210. The second-order valence-corrected chi connectivity index (χ2v) is 12.2. The molecule has 0 saturated heterocycles. The van der Waals surface area contributed by atoms with Crippen molar-refractivity contribution < 1.29 is 13.2 Å². The first-order valence-electron chi connectivity index (χ1n) is 12.1. The molecule has 1 aromatic carbocycles. The van der Waals surface area contributed by atoms with Crippen LogP contribution in [0.1, 0.15) is 106 Å². The molecule has 2 amide bonds. The standard InChI is InChI=1S/C25H46N4O3S/c1-15(2)21-13-14-22(26)23(16(3)4)24(21)27(17(5)6)25(30)29(20(11)12)33(31,32)28(18(7)8)19(9)10/h13-20H,26H2,1-12H3. The van der Waals surface area contributed by atoms with E-state index in [2.05, 4.69) is 13.8 Å². The van der Waals surface area contributed by atoms with Crippen molar-refractivity contribution in [2.45, 2.75) is 119 Å². The number of urea groups is 1. The number of rotatable bonds is 9. The van der Waals surface area contributed by atoms with E-state index in [0.717, 1.165) is 21.1 Å². The highest BCUT2D eigenvalue weighted by Gasteiger charge is 2.42. The summed E-state index contributed by atoms with van der Waals surface area (Å²) in [7, 11) is -4.08. The molecule has 0 aliphatic rings. The lowest BCUT2D eigenvalue weighted by Gasteiger charge is -2.41. The second-order valence-electron chi connectivity index (χ2n) is 10.5. The highest BCUT2D eigenvalue weighted by molar-refractivity contribution is 7.87. The fraction of sp³-hybridized carbons (Fsp3) is 0.720. The average Bonchev–Trinajstić information content (AvgIpc) is 2.58. The number of hydrogen-bond acceptors (Lipinski definition) is 4. The van der Waals surface area contributed by atoms with Crippen LogP contribution in [0.2, 0.25) is 0 Å². The van der Waals surface area contributed by atoms with Gasteiger partial charge in [-0.15, -0.1) is 0 Å². The first-order valence-corrected chi connectivity index (χ1v) is 13.5. The Balaban J connectivity index is 3.93. The van der Waals surface area contributed by atoms with Gasteiger partial charge in [0.05, 0.1) is 5.69 Å². The van der Waals surface area contributed by atoms with E-state index >= 15 is 0 Å². The van der Waals surface area contributed by atoms with E-state index < -0.39 is 22.3 Å². The van der Waals surface area contributed by atoms with Gasteiger partial charge >= 0.3 is 16.2 Å². The fourth-order valence-electron chi connectivity index (χ4n) is 4.48. The van der Waals surface area contributed by atoms with E-state index in [1.54, 1.807) is 18.7 Å². The van der Waals surface area contributed by atoms with Gasteiger partial charge in [-0.05, 0) is 78.9 Å². The molecule has 0 aliphatic carbocycles. The summed E-state index contributed by atoms with van der Waals surface area (Å²) in [6, 6.07) is 1.86. The maximum absolute atomic E-state index is 14.2. The molecule has 0 atom stereocenters. The van der Waals surface area contributed by atoms with Crippen molar-refractivity contribution in [2.75, 3.05) is 10.6 Å². The van der Waals surface area contributed by atoms with Crippen LogP contribution in [0.4, 0.5) is 16.2 Å². The van der Waals surface area contributed by atoms with Gasteiger partial charge in [0.2, 0.25) is 0 Å². The van der Waals surface area contributed by atoms with Gasteiger partial charge in [-0.3, -0.25) is 4.90 Å². The minimum absolute atomic E-state index is 0.0553. The number of nitrogens with zero attached hydrogens (tertiary/aromatic N) is 3. The highest BCUT2D eigenvalue weighted by atomic mass is 32.2. The van der Waals surface area contributed by atoms with Gasteiger partial charge in [-0.25, -0.2) is 9.10 Å². The van der Waals surface area contributed by atoms with Crippen LogP contribution < -0.4 is 10.6 Å². The number of nitrogen functional groups attached to an aromatic ring is 1. The molecule has 190 valence electrons. The van der Waals surface area contributed by atoms with Gasteiger partial charge in [0.1, 0.15) is 0 Å². The van der Waals surface area contributed by atoms with Crippen LogP contribution in [0.25, 0.3) is 0 Å². The van der Waals surface area contributed by atoms with E-state index in [1.165, 1.54) is 4.31 Å². The Bertz CT molecular complexity index is 914. The van der Waals surface area contributed by atoms with Crippen molar-refractivity contribution in [3.63, 3.8) is 0 Å². The minimum Gasteiger partial charge on any atom is -0.398 e. The lowest BCUT2D eigenvalue weighted by Crippen LogP contribution is -2.58. The quantitative estimate of drug-likeness (QED) is 0.442. The van der Waals surface area contributed by atoms with Crippen molar-refractivity contribution in [1.82, 2.24) is 8.61 Å². The Labute approximate surface area is 202 Å². The lowest BCUT2D eigenvalue weighted by atomic mass is 9.90. The maximum Gasteiger partial charge on any atom is 0.339 e. The van der Waals surface area contributed by atoms with Gasteiger partial charge in [-0.2, -0.15) is 12.7 Å². The molecule has 7 nitrogen and oxygen atoms in total. The van der Waals surface area contributed by atoms with Crippen molar-refractivity contribution in [3.05, 3.63) is 23.3 Å². The third-order valence-corrected chi connectivity index (χ3v) is 8.09. The van der Waals surface area contributed by atoms with Crippen LogP contribution in [0.5, 0.6) is 0 Å². The van der Waals surface area contributed by atoms with Gasteiger partial charge in [0.25, 0.3) is 0 Å². The second kappa shape index (κ2) is 11.1. The molecule has 0 unspecified atom stereocenters. The summed E-state index contributed by atoms with van der Waals surface area (Å²) in [6.45, 7) is 22.8. The van der Waals surface area contributed by atoms with Crippen molar-refractivity contribution in [1.29, 1.82) is 0 Å². The number of benzene rings is 1. The van der Waals surface area contributed by atoms with Gasteiger partial charge in [-0.1, -0.05) is 33.8 Å². The Kier molecular flexibility index (Phi) is 9.82. The predicted molar refractivity (Wildman–Crippen MR) is 140 cm³/mol. The molecule has 0 fully saturated rings. The molecule has 0 radical (unpaired) electrons. The van der Waals surface area contributed by atoms with E-state index in [-0.39, 0.29) is 30.0 Å². The Morgan fingerprint density at radius 3 is 1.58 bits per heavy atom. The maximum atomic E-state index is 14.2. The third kappa shape index (κ3) is 6.01. The molecule has 0 aliphatic heterocycles. The summed E-state index contributed by atoms with van der Waals surface area (Å²) in [5.41, 5.74) is 9.57. The topological polar surface area (TPSA) is 87.0 Å². The van der Waals surface area contributed by atoms with Crippen LogP contribution >= 0.6 is 0 Å². The minimum atomic E-state index is -4.08. The molecule has 0 aromatic heterocycles. The molecule has 0 bridgehead atoms. The first-order chi connectivity index (χ1) is 15.0. The van der Waals surface area contributed by atoms with Crippen LogP contribution in [-0.2, 0) is 10.2 Å². The van der Waals surface area contributed by atoms with E-state index in [4.69, 9.17) is 5.73 Å². The van der Waals surface area contributed by atoms with Crippen LogP contribution in [-0.4, -0.2) is 47.2 Å². The molecule has 0 saturated carbocycles. The molecule has 1 aromatic rings.